The summed E-state index contributed by atoms with van der Waals surface area (Å²) in [6.45, 7) is 8.36. The third-order valence-corrected chi connectivity index (χ3v) is 10.9. The number of hydrogen-bond acceptors (Lipinski definition) is 7. The van der Waals surface area contributed by atoms with Crippen molar-refractivity contribution >= 4 is 29.9 Å². The van der Waals surface area contributed by atoms with E-state index in [4.69, 9.17) is 4.74 Å². The molecule has 0 bridgehead atoms. The van der Waals surface area contributed by atoms with Crippen LogP contribution in [0.15, 0.2) is 48.7 Å². The van der Waals surface area contributed by atoms with Crippen LogP contribution in [0.4, 0.5) is 9.59 Å². The highest BCUT2D eigenvalue weighted by molar-refractivity contribution is 5.92. The molecular formula is C40H51N7O7. The molecule has 1 aromatic heterocycles. The predicted molar refractivity (Wildman–Crippen MR) is 201 cm³/mol. The summed E-state index contributed by atoms with van der Waals surface area (Å²) in [5.41, 5.74) is 6.27. The summed E-state index contributed by atoms with van der Waals surface area (Å²) in [6, 6.07) is 12.1. The maximum atomic E-state index is 13.5. The van der Waals surface area contributed by atoms with Crippen LogP contribution in [0.1, 0.15) is 76.4 Å². The van der Waals surface area contributed by atoms with Gasteiger partial charge >= 0.3 is 12.2 Å². The van der Waals surface area contributed by atoms with Crippen LogP contribution in [0.2, 0.25) is 0 Å². The topological polar surface area (TPSA) is 186 Å². The van der Waals surface area contributed by atoms with E-state index in [0.29, 0.717) is 44.6 Å². The number of methoxy groups -OCH3 is 1. The fourth-order valence-electron chi connectivity index (χ4n) is 8.01. The van der Waals surface area contributed by atoms with E-state index in [0.717, 1.165) is 35.2 Å². The molecule has 2 aliphatic heterocycles. The molecule has 3 heterocycles. The molecule has 14 nitrogen and oxygen atoms in total. The third-order valence-electron chi connectivity index (χ3n) is 10.9. The largest absolute Gasteiger partial charge is 0.465 e. The minimum Gasteiger partial charge on any atom is -0.465 e. The smallest absolute Gasteiger partial charge is 0.407 e. The first-order valence-electron chi connectivity index (χ1n) is 18.9. The number of alkyl carbamates (subject to hydrolysis) is 1. The molecule has 1 aliphatic carbocycles. The second-order valence-corrected chi connectivity index (χ2v) is 15.3. The van der Waals surface area contributed by atoms with Crippen LogP contribution in [0.25, 0.3) is 22.4 Å². The Bertz CT molecular complexity index is 1870. The molecule has 5 atom stereocenters. The molecule has 3 aromatic rings. The molecule has 5 N–H and O–H groups in total. The van der Waals surface area contributed by atoms with Crippen LogP contribution in [0, 0.1) is 11.8 Å². The minimum atomic E-state index is -1.26. The Morgan fingerprint density at radius 3 is 2.11 bits per heavy atom. The lowest BCUT2D eigenvalue weighted by Gasteiger charge is -2.30. The van der Waals surface area contributed by atoms with Crippen LogP contribution >= 0.6 is 0 Å². The molecule has 0 spiro atoms. The summed E-state index contributed by atoms with van der Waals surface area (Å²) in [4.78, 5) is 74.9. The highest BCUT2D eigenvalue weighted by Crippen LogP contribution is 2.34. The van der Waals surface area contributed by atoms with Crippen molar-refractivity contribution in [3.63, 3.8) is 0 Å². The van der Waals surface area contributed by atoms with Gasteiger partial charge < -0.3 is 40.6 Å². The maximum Gasteiger partial charge on any atom is 0.407 e. The molecular weight excluding hydrogens is 690 g/mol. The summed E-state index contributed by atoms with van der Waals surface area (Å²) in [5.74, 6) is -0.358. The number of carbonyl (C=O) groups excluding carboxylic acids is 4. The van der Waals surface area contributed by atoms with Gasteiger partial charge in [-0.3, -0.25) is 14.4 Å². The summed E-state index contributed by atoms with van der Waals surface area (Å²) in [5, 5.41) is 17.4. The Kier molecular flexibility index (Phi) is 11.6. The average Bonchev–Trinajstić information content (AvgIpc) is 3.98. The third kappa shape index (κ3) is 8.22. The van der Waals surface area contributed by atoms with Crippen molar-refractivity contribution in [1.82, 2.24) is 35.7 Å². The van der Waals surface area contributed by atoms with E-state index < -0.39 is 30.3 Å². The fourth-order valence-corrected chi connectivity index (χ4v) is 8.01. The zero-order valence-corrected chi connectivity index (χ0v) is 31.6. The number of ether oxygens (including phenoxy) is 1. The number of likely N-dealkylation sites (tertiary alicyclic amines) is 2. The summed E-state index contributed by atoms with van der Waals surface area (Å²) in [6.07, 6.45) is 4.11. The van der Waals surface area contributed by atoms with Crippen molar-refractivity contribution in [3.8, 4) is 22.4 Å². The zero-order chi connectivity index (χ0) is 38.7. The molecule has 14 heteroatoms. The zero-order valence-electron chi connectivity index (χ0n) is 31.6. The minimum absolute atomic E-state index is 0.0956. The standard InChI is InChI=1S/C40H51N7O7/c1-22(2)33(44-39(51)52)37(49)47-17-7-9-32(47)36(48)42-29-19-27-15-14-26(18-28(27)20-29)24-10-12-25(13-11-24)30-21-41-35(43-30)31-8-6-16-46(31)38(50)34(23(3)4)45-40(53)54-5/h10-15,18,21-23,29,31-34,44H,6-9,16-17,19-20H2,1-5H3,(H,41,43)(H,42,48)(H,45,53)(H,51,52)/t29?,31?,32?,33-,34?/m0/s1. The van der Waals surface area contributed by atoms with E-state index >= 15 is 0 Å². The van der Waals surface area contributed by atoms with E-state index in [1.165, 1.54) is 23.1 Å². The van der Waals surface area contributed by atoms with Gasteiger partial charge in [-0.2, -0.15) is 0 Å². The van der Waals surface area contributed by atoms with Gasteiger partial charge in [0.05, 0.1) is 25.0 Å². The van der Waals surface area contributed by atoms with E-state index in [9.17, 15) is 29.1 Å². The number of nitrogens with zero attached hydrogens (tertiary/aromatic N) is 3. The number of rotatable bonds is 11. The Hall–Kier alpha value is -5.40. The molecule has 0 saturated carbocycles. The van der Waals surface area contributed by atoms with Gasteiger partial charge in [-0.05, 0) is 78.2 Å². The molecule has 54 heavy (non-hydrogen) atoms. The quantitative estimate of drug-likeness (QED) is 0.188. The normalized spacial score (nSPS) is 20.5. The van der Waals surface area contributed by atoms with Crippen molar-refractivity contribution in [2.45, 2.75) is 96.4 Å². The van der Waals surface area contributed by atoms with Gasteiger partial charge in [0.1, 0.15) is 23.9 Å². The molecule has 3 aliphatic rings. The van der Waals surface area contributed by atoms with Crippen molar-refractivity contribution in [2.75, 3.05) is 20.2 Å². The van der Waals surface area contributed by atoms with Crippen LogP contribution in [0.3, 0.4) is 0 Å². The summed E-state index contributed by atoms with van der Waals surface area (Å²) >= 11 is 0. The van der Waals surface area contributed by atoms with Gasteiger partial charge in [-0.1, -0.05) is 70.2 Å². The summed E-state index contributed by atoms with van der Waals surface area (Å²) in [7, 11) is 1.28. The second kappa shape index (κ2) is 16.3. The molecule has 6 rings (SSSR count). The number of H-pyrrole nitrogens is 1. The number of hydrogen-bond donors (Lipinski definition) is 5. The van der Waals surface area contributed by atoms with Gasteiger partial charge in [0.25, 0.3) is 0 Å². The van der Waals surface area contributed by atoms with E-state index in [2.05, 4.69) is 56.3 Å². The number of carboxylic acid groups (broad SMARTS) is 1. The molecule has 5 amide bonds. The number of imidazole rings is 1. The van der Waals surface area contributed by atoms with E-state index in [-0.39, 0.29) is 41.6 Å². The van der Waals surface area contributed by atoms with Crippen molar-refractivity contribution in [2.24, 2.45) is 11.8 Å². The van der Waals surface area contributed by atoms with Crippen LogP contribution in [-0.4, -0.2) is 99.1 Å². The lowest BCUT2D eigenvalue weighted by atomic mass is 9.99. The van der Waals surface area contributed by atoms with Gasteiger partial charge in [0.15, 0.2) is 0 Å². The first kappa shape index (κ1) is 38.3. The van der Waals surface area contributed by atoms with Gasteiger partial charge in [-0.25, -0.2) is 14.6 Å². The van der Waals surface area contributed by atoms with E-state index in [1.54, 1.807) is 24.9 Å². The number of carbonyl (C=O) groups is 5. The highest BCUT2D eigenvalue weighted by Gasteiger charge is 2.40. The summed E-state index contributed by atoms with van der Waals surface area (Å²) < 4.78 is 4.75. The van der Waals surface area contributed by atoms with Gasteiger partial charge in [0, 0.05) is 19.1 Å². The lowest BCUT2D eigenvalue weighted by Crippen LogP contribution is -2.55. The lowest BCUT2D eigenvalue weighted by molar-refractivity contribution is -0.141. The monoisotopic (exact) mass is 741 g/mol. The number of amides is 5. The van der Waals surface area contributed by atoms with Crippen LogP contribution in [0.5, 0.6) is 0 Å². The van der Waals surface area contributed by atoms with Crippen LogP contribution < -0.4 is 16.0 Å². The Morgan fingerprint density at radius 1 is 0.815 bits per heavy atom. The predicted octanol–water partition coefficient (Wildman–Crippen LogP) is 4.65. The SMILES string of the molecule is COC(=O)NC(C(=O)N1CCCC1c1ncc(-c2ccc(-c3ccc4c(c3)CC(NC(=O)C3CCCN3C(=O)[C@@H](NC(=O)O)C(C)C)C4)cc2)[nH]1)C(C)C. The molecule has 288 valence electrons. The Morgan fingerprint density at radius 2 is 1.43 bits per heavy atom. The van der Waals surface area contributed by atoms with E-state index in [1.807, 2.05) is 26.0 Å². The van der Waals surface area contributed by atoms with Crippen LogP contribution in [-0.2, 0) is 32.0 Å². The molecule has 0 radical (unpaired) electrons. The first-order valence-corrected chi connectivity index (χ1v) is 18.9. The van der Waals surface area contributed by atoms with Crippen molar-refractivity contribution < 1.29 is 33.8 Å². The number of benzene rings is 2. The van der Waals surface area contributed by atoms with Gasteiger partial charge in [-0.15, -0.1) is 0 Å². The molecule has 2 aromatic carbocycles. The Labute approximate surface area is 315 Å². The second-order valence-electron chi connectivity index (χ2n) is 15.3. The first-order chi connectivity index (χ1) is 25.8. The maximum absolute atomic E-state index is 13.5. The number of aromatic nitrogens is 2. The highest BCUT2D eigenvalue weighted by atomic mass is 16.5. The average molecular weight is 742 g/mol. The molecule has 2 fully saturated rings. The van der Waals surface area contributed by atoms with Gasteiger partial charge in [0.2, 0.25) is 17.7 Å². The number of aromatic amines is 1. The molecule has 2 saturated heterocycles. The van der Waals surface area contributed by atoms with Crippen molar-refractivity contribution in [1.29, 1.82) is 0 Å². The molecule has 4 unspecified atom stereocenters. The number of nitrogens with one attached hydrogen (secondary N) is 4. The van der Waals surface area contributed by atoms with Crippen molar-refractivity contribution in [3.05, 3.63) is 65.6 Å². The Balaban J connectivity index is 1.08. The fraction of sp³-hybridized carbons (Fsp3) is 0.500. The number of fused-ring (bicyclic) bond motifs is 1.